The van der Waals surface area contributed by atoms with Crippen LogP contribution in [0.4, 0.5) is 5.69 Å². The summed E-state index contributed by atoms with van der Waals surface area (Å²) in [5, 5.41) is 2.82. The van der Waals surface area contributed by atoms with E-state index in [1.807, 2.05) is 24.3 Å². The van der Waals surface area contributed by atoms with Gasteiger partial charge in [-0.05, 0) is 67.9 Å². The van der Waals surface area contributed by atoms with E-state index in [2.05, 4.69) is 10.2 Å². The highest BCUT2D eigenvalue weighted by Crippen LogP contribution is 2.15. The molecule has 0 atom stereocenters. The molecule has 1 heterocycles. The zero-order valence-corrected chi connectivity index (χ0v) is 14.2. The van der Waals surface area contributed by atoms with Crippen LogP contribution in [-0.4, -0.2) is 29.8 Å². The molecule has 3 N–H and O–H groups in total. The molecule has 0 aromatic heterocycles. The number of nitrogens with one attached hydrogen (secondary N) is 1. The first-order valence-corrected chi connectivity index (χ1v) is 8.64. The molecule has 1 aliphatic rings. The van der Waals surface area contributed by atoms with E-state index >= 15 is 0 Å². The summed E-state index contributed by atoms with van der Waals surface area (Å²) in [5.41, 5.74) is 8.09. The third-order valence-electron chi connectivity index (χ3n) is 4.50. The largest absolute Gasteiger partial charge is 0.366 e. The Morgan fingerprint density at radius 2 is 1.48 bits per heavy atom. The number of amides is 2. The van der Waals surface area contributed by atoms with Crippen molar-refractivity contribution in [1.82, 2.24) is 4.90 Å². The number of carbonyl (C=O) groups excluding carboxylic acids is 2. The average Bonchev–Trinajstić information content (AvgIpc) is 2.63. The lowest BCUT2D eigenvalue weighted by Gasteiger charge is -2.26. The van der Waals surface area contributed by atoms with Gasteiger partial charge in [0.15, 0.2) is 0 Å². The van der Waals surface area contributed by atoms with Crippen LogP contribution in [0, 0.1) is 0 Å². The molecule has 2 aromatic carbocycles. The fourth-order valence-corrected chi connectivity index (χ4v) is 3.06. The van der Waals surface area contributed by atoms with Crippen molar-refractivity contribution in [2.24, 2.45) is 5.73 Å². The Kier molecular flexibility index (Phi) is 5.46. The lowest BCUT2D eigenvalue weighted by atomic mass is 10.1. The summed E-state index contributed by atoms with van der Waals surface area (Å²) in [5.74, 6) is -0.654. The third-order valence-corrected chi connectivity index (χ3v) is 4.50. The van der Waals surface area contributed by atoms with Crippen LogP contribution in [0.5, 0.6) is 0 Å². The van der Waals surface area contributed by atoms with E-state index in [0.29, 0.717) is 16.8 Å². The van der Waals surface area contributed by atoms with Crippen molar-refractivity contribution in [3.05, 3.63) is 65.2 Å². The molecule has 130 valence electrons. The van der Waals surface area contributed by atoms with E-state index in [-0.39, 0.29) is 5.91 Å². The van der Waals surface area contributed by atoms with Crippen LogP contribution in [0.1, 0.15) is 45.5 Å². The Labute approximate surface area is 147 Å². The Morgan fingerprint density at radius 3 is 2.08 bits per heavy atom. The van der Waals surface area contributed by atoms with Crippen molar-refractivity contribution in [3.8, 4) is 0 Å². The first-order chi connectivity index (χ1) is 12.1. The lowest BCUT2D eigenvalue weighted by Crippen LogP contribution is -2.29. The maximum atomic E-state index is 12.3. The molecule has 1 aliphatic heterocycles. The highest BCUT2D eigenvalue weighted by molar-refractivity contribution is 6.04. The number of nitrogens with two attached hydrogens (primary N) is 1. The predicted octanol–water partition coefficient (Wildman–Crippen LogP) is 3.02. The summed E-state index contributed by atoms with van der Waals surface area (Å²) in [7, 11) is 0. The van der Waals surface area contributed by atoms with Gasteiger partial charge in [0, 0.05) is 23.4 Å². The van der Waals surface area contributed by atoms with Gasteiger partial charge in [0.1, 0.15) is 0 Å². The molecule has 1 fully saturated rings. The number of piperidine rings is 1. The molecule has 0 saturated carbocycles. The number of nitrogens with zero attached hydrogens (tertiary/aromatic N) is 1. The SMILES string of the molecule is NC(=O)c1ccc(NC(=O)c2ccc(CN3CCCCC3)cc2)cc1. The highest BCUT2D eigenvalue weighted by Gasteiger charge is 2.11. The number of primary amides is 1. The van der Waals surface area contributed by atoms with Gasteiger partial charge in [0.05, 0.1) is 0 Å². The number of hydrogen-bond acceptors (Lipinski definition) is 3. The molecule has 2 amide bonds. The van der Waals surface area contributed by atoms with E-state index in [0.717, 1.165) is 19.6 Å². The van der Waals surface area contributed by atoms with Gasteiger partial charge in [-0.2, -0.15) is 0 Å². The van der Waals surface area contributed by atoms with Gasteiger partial charge in [0.2, 0.25) is 5.91 Å². The zero-order valence-electron chi connectivity index (χ0n) is 14.2. The topological polar surface area (TPSA) is 75.4 Å². The first kappa shape index (κ1) is 17.2. The summed E-state index contributed by atoms with van der Waals surface area (Å²) < 4.78 is 0. The Balaban J connectivity index is 1.59. The van der Waals surface area contributed by atoms with Gasteiger partial charge in [0.25, 0.3) is 5.91 Å². The smallest absolute Gasteiger partial charge is 0.255 e. The minimum absolute atomic E-state index is 0.170. The van der Waals surface area contributed by atoms with Gasteiger partial charge in [-0.15, -0.1) is 0 Å². The van der Waals surface area contributed by atoms with E-state index in [4.69, 9.17) is 5.73 Å². The standard InChI is InChI=1S/C20H23N3O2/c21-19(24)16-8-10-18(11-9-16)22-20(25)17-6-4-15(5-7-17)14-23-12-2-1-3-13-23/h4-11H,1-3,12-14H2,(H2,21,24)(H,22,25). The summed E-state index contributed by atoms with van der Waals surface area (Å²) in [6, 6.07) is 14.3. The summed E-state index contributed by atoms with van der Waals surface area (Å²) in [6.07, 6.45) is 3.88. The molecular weight excluding hydrogens is 314 g/mol. The molecule has 5 nitrogen and oxygen atoms in total. The van der Waals surface area contributed by atoms with E-state index in [1.54, 1.807) is 24.3 Å². The van der Waals surface area contributed by atoms with Crippen molar-refractivity contribution in [1.29, 1.82) is 0 Å². The second-order valence-electron chi connectivity index (χ2n) is 6.43. The maximum absolute atomic E-state index is 12.3. The Bertz CT molecular complexity index is 733. The Morgan fingerprint density at radius 1 is 0.880 bits per heavy atom. The monoisotopic (exact) mass is 337 g/mol. The van der Waals surface area contributed by atoms with Crippen molar-refractivity contribution < 1.29 is 9.59 Å². The lowest BCUT2D eigenvalue weighted by molar-refractivity contribution is 0.0998. The van der Waals surface area contributed by atoms with Gasteiger partial charge in [-0.1, -0.05) is 18.6 Å². The molecule has 0 unspecified atom stereocenters. The summed E-state index contributed by atoms with van der Waals surface area (Å²) >= 11 is 0. The fourth-order valence-electron chi connectivity index (χ4n) is 3.06. The Hall–Kier alpha value is -2.66. The van der Waals surface area contributed by atoms with Crippen LogP contribution < -0.4 is 11.1 Å². The summed E-state index contributed by atoms with van der Waals surface area (Å²) in [6.45, 7) is 3.25. The van der Waals surface area contributed by atoms with Crippen LogP contribution in [0.25, 0.3) is 0 Å². The molecule has 0 spiro atoms. The molecule has 0 radical (unpaired) electrons. The van der Waals surface area contributed by atoms with Crippen molar-refractivity contribution in [2.45, 2.75) is 25.8 Å². The molecule has 25 heavy (non-hydrogen) atoms. The molecular formula is C20H23N3O2. The fraction of sp³-hybridized carbons (Fsp3) is 0.300. The van der Waals surface area contributed by atoms with Crippen molar-refractivity contribution in [3.63, 3.8) is 0 Å². The number of carbonyl (C=O) groups is 2. The van der Waals surface area contributed by atoms with Gasteiger partial charge < -0.3 is 11.1 Å². The zero-order chi connectivity index (χ0) is 17.6. The second kappa shape index (κ2) is 7.94. The first-order valence-electron chi connectivity index (χ1n) is 8.64. The molecule has 5 heteroatoms. The average molecular weight is 337 g/mol. The van der Waals surface area contributed by atoms with Crippen LogP contribution in [0.3, 0.4) is 0 Å². The molecule has 1 saturated heterocycles. The minimum Gasteiger partial charge on any atom is -0.366 e. The second-order valence-corrected chi connectivity index (χ2v) is 6.43. The van der Waals surface area contributed by atoms with Crippen LogP contribution in [0.2, 0.25) is 0 Å². The number of benzene rings is 2. The highest BCUT2D eigenvalue weighted by atomic mass is 16.2. The number of likely N-dealkylation sites (tertiary alicyclic amines) is 1. The van der Waals surface area contributed by atoms with Gasteiger partial charge in [-0.3, -0.25) is 14.5 Å². The van der Waals surface area contributed by atoms with Crippen LogP contribution in [0.15, 0.2) is 48.5 Å². The normalized spacial score (nSPS) is 14.9. The van der Waals surface area contributed by atoms with E-state index in [1.165, 1.54) is 24.8 Å². The van der Waals surface area contributed by atoms with Crippen molar-refractivity contribution in [2.75, 3.05) is 18.4 Å². The van der Waals surface area contributed by atoms with Gasteiger partial charge >= 0.3 is 0 Å². The minimum atomic E-state index is -0.484. The number of anilines is 1. The maximum Gasteiger partial charge on any atom is 0.255 e. The number of rotatable bonds is 5. The van der Waals surface area contributed by atoms with E-state index in [9.17, 15) is 9.59 Å². The summed E-state index contributed by atoms with van der Waals surface area (Å²) in [4.78, 5) is 25.8. The number of hydrogen-bond donors (Lipinski definition) is 2. The third kappa shape index (κ3) is 4.67. The van der Waals surface area contributed by atoms with Crippen molar-refractivity contribution >= 4 is 17.5 Å². The quantitative estimate of drug-likeness (QED) is 0.880. The molecule has 0 bridgehead atoms. The van der Waals surface area contributed by atoms with Crippen LogP contribution in [-0.2, 0) is 6.54 Å². The predicted molar refractivity (Wildman–Crippen MR) is 98.5 cm³/mol. The molecule has 2 aromatic rings. The van der Waals surface area contributed by atoms with E-state index < -0.39 is 5.91 Å². The van der Waals surface area contributed by atoms with Gasteiger partial charge in [-0.25, -0.2) is 0 Å². The molecule has 0 aliphatic carbocycles. The van der Waals surface area contributed by atoms with Crippen LogP contribution >= 0.6 is 0 Å². The molecule has 3 rings (SSSR count).